The minimum Gasteiger partial charge on any atom is -0.0958 e. The average molecular weight is 170 g/mol. The Morgan fingerprint density at radius 3 is 2.00 bits per heavy atom. The standard InChI is InChI=1S/C10H19P/c1-8(2)9(3)7-11-10(4,5)6/h7,11H,1H2,2-6H3/b9-7+. The molecule has 0 saturated carbocycles. The molecule has 0 spiro atoms. The molecular weight excluding hydrogens is 151 g/mol. The molecule has 1 unspecified atom stereocenters. The van der Waals surface area contributed by atoms with Crippen molar-refractivity contribution in [3.63, 3.8) is 0 Å². The first-order valence-electron chi connectivity index (χ1n) is 3.93. The van der Waals surface area contributed by atoms with Crippen molar-refractivity contribution < 1.29 is 0 Å². The van der Waals surface area contributed by atoms with Crippen molar-refractivity contribution in [2.45, 2.75) is 39.8 Å². The maximum absolute atomic E-state index is 3.89. The quantitative estimate of drug-likeness (QED) is 0.435. The third-order valence-corrected chi connectivity index (χ3v) is 2.84. The van der Waals surface area contributed by atoms with Crippen LogP contribution in [-0.4, -0.2) is 5.16 Å². The van der Waals surface area contributed by atoms with E-state index >= 15 is 0 Å². The molecule has 0 heterocycles. The molecule has 0 bridgehead atoms. The summed E-state index contributed by atoms with van der Waals surface area (Å²) >= 11 is 0. The Morgan fingerprint density at radius 2 is 1.73 bits per heavy atom. The number of hydrogen-bond acceptors (Lipinski definition) is 0. The minimum atomic E-state index is 0.427. The second-order valence-corrected chi connectivity index (χ2v) is 6.08. The van der Waals surface area contributed by atoms with Crippen LogP contribution in [0.15, 0.2) is 23.5 Å². The maximum atomic E-state index is 3.89. The van der Waals surface area contributed by atoms with Gasteiger partial charge in [0.05, 0.1) is 0 Å². The summed E-state index contributed by atoms with van der Waals surface area (Å²) in [6.45, 7) is 14.8. The molecule has 0 fully saturated rings. The van der Waals surface area contributed by atoms with E-state index in [-0.39, 0.29) is 0 Å². The van der Waals surface area contributed by atoms with Gasteiger partial charge in [0.15, 0.2) is 0 Å². The Kier molecular flexibility index (Phi) is 4.03. The third-order valence-electron chi connectivity index (χ3n) is 1.39. The zero-order valence-corrected chi connectivity index (χ0v) is 9.28. The molecule has 0 saturated heterocycles. The van der Waals surface area contributed by atoms with Crippen LogP contribution in [0.25, 0.3) is 0 Å². The highest BCUT2D eigenvalue weighted by molar-refractivity contribution is 7.43. The van der Waals surface area contributed by atoms with Crippen molar-refractivity contribution in [3.05, 3.63) is 23.5 Å². The topological polar surface area (TPSA) is 0 Å². The lowest BCUT2D eigenvalue weighted by Gasteiger charge is -2.15. The molecular formula is C10H19P. The summed E-state index contributed by atoms with van der Waals surface area (Å²) in [5, 5.41) is 0.427. The van der Waals surface area contributed by atoms with E-state index in [2.05, 4.69) is 47.0 Å². The number of hydrogen-bond donors (Lipinski definition) is 0. The summed E-state index contributed by atoms with van der Waals surface area (Å²) in [5.41, 5.74) is 2.51. The summed E-state index contributed by atoms with van der Waals surface area (Å²) in [5.74, 6) is 2.29. The van der Waals surface area contributed by atoms with Crippen molar-refractivity contribution in [3.8, 4) is 0 Å². The molecule has 0 aliphatic heterocycles. The molecule has 0 aromatic carbocycles. The predicted molar refractivity (Wildman–Crippen MR) is 56.6 cm³/mol. The van der Waals surface area contributed by atoms with Gasteiger partial charge in [0.2, 0.25) is 0 Å². The lowest BCUT2D eigenvalue weighted by Crippen LogP contribution is -2.02. The maximum Gasteiger partial charge on any atom is -0.0172 e. The third kappa shape index (κ3) is 6.31. The monoisotopic (exact) mass is 170 g/mol. The smallest absolute Gasteiger partial charge is 0.0172 e. The van der Waals surface area contributed by atoms with Gasteiger partial charge in [0.25, 0.3) is 0 Å². The molecule has 0 nitrogen and oxygen atoms in total. The van der Waals surface area contributed by atoms with E-state index in [1.165, 1.54) is 11.1 Å². The lowest BCUT2D eigenvalue weighted by atomic mass is 10.2. The van der Waals surface area contributed by atoms with Gasteiger partial charge in [-0.2, -0.15) is 0 Å². The van der Waals surface area contributed by atoms with Crippen LogP contribution in [0.3, 0.4) is 0 Å². The summed E-state index contributed by atoms with van der Waals surface area (Å²) in [6.07, 6.45) is 0. The Bertz CT molecular complexity index is 170. The van der Waals surface area contributed by atoms with Crippen LogP contribution < -0.4 is 0 Å². The Hall–Kier alpha value is -0.0900. The Balaban J connectivity index is 4.04. The van der Waals surface area contributed by atoms with Gasteiger partial charge >= 0.3 is 0 Å². The van der Waals surface area contributed by atoms with Crippen LogP contribution >= 0.6 is 8.58 Å². The fraction of sp³-hybridized carbons (Fsp3) is 0.600. The van der Waals surface area contributed by atoms with Crippen molar-refractivity contribution in [1.82, 2.24) is 0 Å². The molecule has 0 aromatic heterocycles. The zero-order chi connectivity index (χ0) is 9.07. The molecule has 1 atom stereocenters. The first kappa shape index (κ1) is 10.9. The molecule has 0 radical (unpaired) electrons. The number of allylic oxidation sites excluding steroid dienone is 2. The van der Waals surface area contributed by atoms with Crippen LogP contribution in [0, 0.1) is 0 Å². The summed E-state index contributed by atoms with van der Waals surface area (Å²) in [6, 6.07) is 0. The molecule has 0 rings (SSSR count). The molecule has 11 heavy (non-hydrogen) atoms. The minimum absolute atomic E-state index is 0.427. The van der Waals surface area contributed by atoms with Gasteiger partial charge in [-0.25, -0.2) is 0 Å². The highest BCUT2D eigenvalue weighted by Crippen LogP contribution is 2.33. The first-order valence-corrected chi connectivity index (χ1v) is 5.01. The Labute approximate surface area is 72.6 Å². The van der Waals surface area contributed by atoms with Gasteiger partial charge in [-0.15, -0.1) is 0 Å². The normalized spacial score (nSPS) is 14.5. The molecule has 0 amide bonds. The van der Waals surface area contributed by atoms with Crippen molar-refractivity contribution in [2.75, 3.05) is 0 Å². The van der Waals surface area contributed by atoms with Gasteiger partial charge < -0.3 is 0 Å². The van der Waals surface area contributed by atoms with Gasteiger partial charge in [-0.1, -0.05) is 47.3 Å². The van der Waals surface area contributed by atoms with E-state index in [0.29, 0.717) is 5.16 Å². The SMILES string of the molecule is C=C(C)/C(C)=C/PC(C)(C)C. The van der Waals surface area contributed by atoms with Crippen LogP contribution in [0.4, 0.5) is 0 Å². The molecule has 1 heteroatoms. The van der Waals surface area contributed by atoms with Crippen molar-refractivity contribution in [2.24, 2.45) is 0 Å². The fourth-order valence-corrected chi connectivity index (χ4v) is 1.34. The summed E-state index contributed by atoms with van der Waals surface area (Å²) in [4.78, 5) is 0. The fourth-order valence-electron chi connectivity index (χ4n) is 0.448. The second kappa shape index (κ2) is 4.07. The summed E-state index contributed by atoms with van der Waals surface area (Å²) in [7, 11) is 0.892. The van der Waals surface area contributed by atoms with E-state index in [1.807, 2.05) is 0 Å². The zero-order valence-electron chi connectivity index (χ0n) is 8.28. The van der Waals surface area contributed by atoms with Crippen LogP contribution in [0.1, 0.15) is 34.6 Å². The van der Waals surface area contributed by atoms with Crippen LogP contribution in [0.5, 0.6) is 0 Å². The van der Waals surface area contributed by atoms with E-state index < -0.39 is 0 Å². The molecule has 0 N–H and O–H groups in total. The van der Waals surface area contributed by atoms with Gasteiger partial charge in [-0.3, -0.25) is 0 Å². The lowest BCUT2D eigenvalue weighted by molar-refractivity contribution is 0.798. The van der Waals surface area contributed by atoms with Gasteiger partial charge in [0, 0.05) is 0 Å². The molecule has 0 aliphatic carbocycles. The van der Waals surface area contributed by atoms with E-state index in [1.54, 1.807) is 0 Å². The van der Waals surface area contributed by atoms with E-state index in [4.69, 9.17) is 0 Å². The van der Waals surface area contributed by atoms with Gasteiger partial charge in [-0.05, 0) is 24.6 Å². The second-order valence-electron chi connectivity index (χ2n) is 4.00. The van der Waals surface area contributed by atoms with Crippen molar-refractivity contribution >= 4 is 8.58 Å². The average Bonchev–Trinajstić information content (AvgIpc) is 1.80. The highest BCUT2D eigenvalue weighted by Gasteiger charge is 2.06. The first-order chi connectivity index (χ1) is 4.83. The Morgan fingerprint density at radius 1 is 1.27 bits per heavy atom. The summed E-state index contributed by atoms with van der Waals surface area (Å²) < 4.78 is 0. The molecule has 0 aromatic rings. The van der Waals surface area contributed by atoms with Crippen LogP contribution in [0.2, 0.25) is 0 Å². The number of rotatable bonds is 2. The predicted octanol–water partition coefficient (Wildman–Crippen LogP) is 3.94. The van der Waals surface area contributed by atoms with E-state index in [0.717, 1.165) is 8.58 Å². The van der Waals surface area contributed by atoms with Crippen molar-refractivity contribution in [1.29, 1.82) is 0 Å². The van der Waals surface area contributed by atoms with Crippen LogP contribution in [-0.2, 0) is 0 Å². The molecule has 0 aliphatic rings. The highest BCUT2D eigenvalue weighted by atomic mass is 31.1. The van der Waals surface area contributed by atoms with Gasteiger partial charge in [0.1, 0.15) is 0 Å². The van der Waals surface area contributed by atoms with E-state index in [9.17, 15) is 0 Å². The molecule has 64 valence electrons. The largest absolute Gasteiger partial charge is 0.0958 e.